The zero-order chi connectivity index (χ0) is 27.9. The molecule has 1 N–H and O–H groups in total. The number of hydrogen-bond donors (Lipinski definition) is 1. The maximum absolute atomic E-state index is 13.7. The van der Waals surface area contributed by atoms with Crippen molar-refractivity contribution >= 4 is 17.4 Å². The summed E-state index contributed by atoms with van der Waals surface area (Å²) in [5.74, 6) is 0.165. The molecule has 0 saturated heterocycles. The van der Waals surface area contributed by atoms with E-state index >= 15 is 0 Å². The van der Waals surface area contributed by atoms with Crippen LogP contribution in [0.4, 0.5) is 23.4 Å². The molecule has 0 fully saturated rings. The van der Waals surface area contributed by atoms with Gasteiger partial charge in [0.2, 0.25) is 0 Å². The quantitative estimate of drug-likeness (QED) is 0.305. The van der Waals surface area contributed by atoms with Gasteiger partial charge in [0.1, 0.15) is 17.3 Å². The van der Waals surface area contributed by atoms with E-state index in [2.05, 4.69) is 15.3 Å². The minimum absolute atomic E-state index is 0.120. The molecule has 1 aliphatic rings. The Morgan fingerprint density at radius 3 is 2.50 bits per heavy atom. The van der Waals surface area contributed by atoms with E-state index in [9.17, 15) is 22.4 Å². The van der Waals surface area contributed by atoms with Crippen molar-refractivity contribution in [2.45, 2.75) is 25.7 Å². The maximum atomic E-state index is 13.7. The van der Waals surface area contributed by atoms with Gasteiger partial charge in [-0.15, -0.1) is 0 Å². The molecule has 0 unspecified atom stereocenters. The van der Waals surface area contributed by atoms with Crippen molar-refractivity contribution in [3.05, 3.63) is 84.3 Å². The van der Waals surface area contributed by atoms with Gasteiger partial charge in [-0.1, -0.05) is 0 Å². The van der Waals surface area contributed by atoms with E-state index in [1.165, 1.54) is 29.0 Å². The molecule has 1 aromatic carbocycles. The van der Waals surface area contributed by atoms with Crippen LogP contribution in [0.3, 0.4) is 0 Å². The van der Waals surface area contributed by atoms with Gasteiger partial charge in [0.15, 0.2) is 11.5 Å². The molecule has 5 aromatic rings. The highest BCUT2D eigenvalue weighted by molar-refractivity contribution is 6.03. The van der Waals surface area contributed by atoms with E-state index in [0.717, 1.165) is 0 Å². The fraction of sp³-hybridized carbons (Fsp3) is 0.222. The van der Waals surface area contributed by atoms with Gasteiger partial charge in [0.25, 0.3) is 5.91 Å². The first-order chi connectivity index (χ1) is 19.2. The van der Waals surface area contributed by atoms with Crippen LogP contribution in [0.15, 0.2) is 67.1 Å². The SMILES string of the molecule is O=C(Nc1cn2nc(-c3c(-c4ccc(F)cc4)nc4n3CCN(CCC(F)(F)F)C4)ccc2n1)c1ccncc1. The first kappa shape index (κ1) is 25.6. The summed E-state index contributed by atoms with van der Waals surface area (Å²) in [7, 11) is 0. The Labute approximate surface area is 225 Å². The Morgan fingerprint density at radius 2 is 1.75 bits per heavy atom. The Balaban J connectivity index is 1.35. The number of carbonyl (C=O) groups is 1. The number of nitrogens with zero attached hydrogens (tertiary/aromatic N) is 7. The Bertz CT molecular complexity index is 1680. The fourth-order valence-electron chi connectivity index (χ4n) is 4.69. The molecular weight excluding hydrogens is 528 g/mol. The smallest absolute Gasteiger partial charge is 0.324 e. The monoisotopic (exact) mass is 550 g/mol. The molecule has 4 aromatic heterocycles. The second-order valence-electron chi connectivity index (χ2n) is 9.36. The molecular formula is C27H22F4N8O. The lowest BCUT2D eigenvalue weighted by Gasteiger charge is -2.28. The summed E-state index contributed by atoms with van der Waals surface area (Å²) in [5, 5.41) is 7.46. The second-order valence-corrected chi connectivity index (χ2v) is 9.36. The summed E-state index contributed by atoms with van der Waals surface area (Å²) in [6, 6.07) is 12.6. The van der Waals surface area contributed by atoms with Gasteiger partial charge >= 0.3 is 6.18 Å². The molecule has 0 radical (unpaired) electrons. The number of imidazole rings is 2. The number of rotatable bonds is 6. The topological polar surface area (TPSA) is 93.2 Å². The third-order valence-corrected chi connectivity index (χ3v) is 6.63. The molecule has 0 bridgehead atoms. The van der Waals surface area contributed by atoms with Gasteiger partial charge in [-0.3, -0.25) is 14.7 Å². The molecule has 0 saturated carbocycles. The first-order valence-corrected chi connectivity index (χ1v) is 12.5. The molecule has 40 heavy (non-hydrogen) atoms. The lowest BCUT2D eigenvalue weighted by atomic mass is 10.1. The molecule has 0 atom stereocenters. The third kappa shape index (κ3) is 5.27. The van der Waals surface area contributed by atoms with Crippen LogP contribution in [0.25, 0.3) is 28.3 Å². The van der Waals surface area contributed by atoms with Crippen molar-refractivity contribution < 1.29 is 22.4 Å². The highest BCUT2D eigenvalue weighted by Crippen LogP contribution is 2.34. The number of nitrogens with one attached hydrogen (secondary N) is 1. The van der Waals surface area contributed by atoms with Crippen LogP contribution in [0, 0.1) is 5.82 Å². The standard InChI is InChI=1S/C27H22F4N8O/c28-19-3-1-17(2-4-19)24-25(38-14-13-37(16-23(38)35-24)12-9-27(29,30)31)20-5-6-22-33-21(15-39(22)36-20)34-26(40)18-7-10-32-11-8-18/h1-8,10-11,15H,9,12-14,16H2,(H,34,40). The highest BCUT2D eigenvalue weighted by atomic mass is 19.4. The number of fused-ring (bicyclic) bond motifs is 2. The van der Waals surface area contributed by atoms with Crippen LogP contribution < -0.4 is 5.32 Å². The van der Waals surface area contributed by atoms with Crippen molar-refractivity contribution in [1.82, 2.24) is 34.0 Å². The van der Waals surface area contributed by atoms with Gasteiger partial charge in [0.05, 0.1) is 30.6 Å². The number of hydrogen-bond acceptors (Lipinski definition) is 6. The van der Waals surface area contributed by atoms with Crippen LogP contribution in [0.2, 0.25) is 0 Å². The van der Waals surface area contributed by atoms with Gasteiger partial charge in [-0.25, -0.2) is 18.9 Å². The maximum Gasteiger partial charge on any atom is 0.390 e. The van der Waals surface area contributed by atoms with Gasteiger partial charge < -0.3 is 9.88 Å². The summed E-state index contributed by atoms with van der Waals surface area (Å²) < 4.78 is 55.6. The third-order valence-electron chi connectivity index (χ3n) is 6.63. The average Bonchev–Trinajstić information content (AvgIpc) is 3.52. The van der Waals surface area contributed by atoms with Crippen LogP contribution in [0.1, 0.15) is 22.6 Å². The summed E-state index contributed by atoms with van der Waals surface area (Å²) in [5.41, 5.74) is 3.33. The largest absolute Gasteiger partial charge is 0.390 e. The number of benzene rings is 1. The van der Waals surface area contributed by atoms with E-state index in [-0.39, 0.29) is 19.0 Å². The predicted octanol–water partition coefficient (Wildman–Crippen LogP) is 4.81. The molecule has 0 aliphatic carbocycles. The van der Waals surface area contributed by atoms with Gasteiger partial charge in [0, 0.05) is 43.2 Å². The Kier molecular flexibility index (Phi) is 6.50. The summed E-state index contributed by atoms with van der Waals surface area (Å²) in [6.45, 7) is 0.939. The van der Waals surface area contributed by atoms with Crippen molar-refractivity contribution in [2.75, 3.05) is 18.4 Å². The number of amides is 1. The van der Waals surface area contributed by atoms with E-state index in [1.807, 2.05) is 4.57 Å². The van der Waals surface area contributed by atoms with Crippen LogP contribution in [-0.2, 0) is 13.1 Å². The lowest BCUT2D eigenvalue weighted by molar-refractivity contribution is -0.138. The zero-order valence-corrected chi connectivity index (χ0v) is 20.9. The molecule has 204 valence electrons. The fourth-order valence-corrected chi connectivity index (χ4v) is 4.69. The molecule has 5 heterocycles. The lowest BCUT2D eigenvalue weighted by Crippen LogP contribution is -2.36. The van der Waals surface area contributed by atoms with Crippen molar-refractivity contribution in [2.24, 2.45) is 0 Å². The number of aromatic nitrogens is 6. The summed E-state index contributed by atoms with van der Waals surface area (Å²) in [6.07, 6.45) is -0.510. The van der Waals surface area contributed by atoms with E-state index in [4.69, 9.17) is 10.1 Å². The second kappa shape index (κ2) is 10.2. The minimum atomic E-state index is -4.24. The van der Waals surface area contributed by atoms with Crippen LogP contribution in [0.5, 0.6) is 0 Å². The molecule has 1 amide bonds. The van der Waals surface area contributed by atoms with Gasteiger partial charge in [-0.05, 0) is 48.5 Å². The molecule has 13 heteroatoms. The predicted molar refractivity (Wildman–Crippen MR) is 138 cm³/mol. The average molecular weight is 551 g/mol. The summed E-state index contributed by atoms with van der Waals surface area (Å²) >= 11 is 0. The van der Waals surface area contributed by atoms with Gasteiger partial charge in [-0.2, -0.15) is 18.3 Å². The van der Waals surface area contributed by atoms with E-state index in [0.29, 0.717) is 58.6 Å². The number of halogens is 4. The highest BCUT2D eigenvalue weighted by Gasteiger charge is 2.31. The van der Waals surface area contributed by atoms with Crippen LogP contribution >= 0.6 is 0 Å². The molecule has 0 spiro atoms. The van der Waals surface area contributed by atoms with Crippen molar-refractivity contribution in [3.63, 3.8) is 0 Å². The molecule has 6 rings (SSSR count). The number of anilines is 1. The zero-order valence-electron chi connectivity index (χ0n) is 20.9. The van der Waals surface area contributed by atoms with Crippen LogP contribution in [-0.4, -0.2) is 59.2 Å². The Morgan fingerprint density at radius 1 is 0.975 bits per heavy atom. The molecule has 1 aliphatic heterocycles. The minimum Gasteiger partial charge on any atom is -0.324 e. The first-order valence-electron chi connectivity index (χ1n) is 12.5. The molecule has 9 nitrogen and oxygen atoms in total. The van der Waals surface area contributed by atoms with Crippen molar-refractivity contribution in [1.29, 1.82) is 0 Å². The summed E-state index contributed by atoms with van der Waals surface area (Å²) in [4.78, 5) is 27.4. The Hall–Kier alpha value is -4.65. The van der Waals surface area contributed by atoms with E-state index < -0.39 is 18.4 Å². The number of pyridine rings is 1. The number of carbonyl (C=O) groups excluding carboxylic acids is 1. The number of alkyl halides is 3. The normalized spacial score (nSPS) is 13.9. The van der Waals surface area contributed by atoms with E-state index in [1.54, 1.807) is 47.5 Å². The van der Waals surface area contributed by atoms with Crippen molar-refractivity contribution in [3.8, 4) is 22.6 Å².